The minimum absolute atomic E-state index is 1.25. The summed E-state index contributed by atoms with van der Waals surface area (Å²) in [6.45, 7) is 0. The quantitative estimate of drug-likeness (QED) is 0.678. The van der Waals surface area contributed by atoms with E-state index in [1.54, 1.807) is 0 Å². The van der Waals surface area contributed by atoms with Gasteiger partial charge < -0.3 is 4.90 Å². The number of benzene rings is 1. The van der Waals surface area contributed by atoms with Crippen molar-refractivity contribution in [3.63, 3.8) is 0 Å². The molecule has 1 rings (SSSR count). The molecule has 0 radical (unpaired) electrons. The van der Waals surface area contributed by atoms with Crippen molar-refractivity contribution in [2.45, 2.75) is 0 Å². The van der Waals surface area contributed by atoms with Crippen molar-refractivity contribution < 1.29 is 13.3 Å². The molecule has 0 aromatic heterocycles. The third-order valence-corrected chi connectivity index (χ3v) is 1.27. The standard InChI is InChI=1S/C8H11N.H2O3S/c1-9(2)8-6-4-3-5-7-8;1-4(2)3/h3-7H,1-2H3;(H2,1,2,3). The average Bonchev–Trinajstić information content (AvgIpc) is 2.05. The van der Waals surface area contributed by atoms with Gasteiger partial charge in [0.15, 0.2) is 0 Å². The van der Waals surface area contributed by atoms with Crippen LogP contribution in [0.4, 0.5) is 5.69 Å². The van der Waals surface area contributed by atoms with Crippen LogP contribution in [0.25, 0.3) is 0 Å². The van der Waals surface area contributed by atoms with Crippen molar-refractivity contribution >= 4 is 17.0 Å². The first-order chi connectivity index (χ1) is 6.04. The lowest BCUT2D eigenvalue weighted by atomic mass is 10.3. The zero-order chi connectivity index (χ0) is 10.3. The van der Waals surface area contributed by atoms with Gasteiger partial charge in [0.25, 0.3) is 11.4 Å². The van der Waals surface area contributed by atoms with Crippen molar-refractivity contribution in [1.82, 2.24) is 0 Å². The van der Waals surface area contributed by atoms with Crippen LogP contribution >= 0.6 is 0 Å². The van der Waals surface area contributed by atoms with E-state index in [9.17, 15) is 0 Å². The second-order valence-corrected chi connectivity index (χ2v) is 2.92. The number of hydrogen-bond acceptors (Lipinski definition) is 2. The molecule has 0 bridgehead atoms. The first kappa shape index (κ1) is 12.1. The summed E-state index contributed by atoms with van der Waals surface area (Å²) < 4.78 is 22.8. The van der Waals surface area contributed by atoms with Gasteiger partial charge in [0.05, 0.1) is 0 Å². The van der Waals surface area contributed by atoms with Gasteiger partial charge in [-0.05, 0) is 12.1 Å². The van der Waals surface area contributed by atoms with E-state index in [0.29, 0.717) is 0 Å². The Labute approximate surface area is 80.3 Å². The molecule has 0 aliphatic rings. The van der Waals surface area contributed by atoms with Gasteiger partial charge in [0, 0.05) is 19.8 Å². The van der Waals surface area contributed by atoms with Crippen LogP contribution in [0.15, 0.2) is 30.3 Å². The summed E-state index contributed by atoms with van der Waals surface area (Å²) in [5.41, 5.74) is 1.25. The average molecular weight is 203 g/mol. The van der Waals surface area contributed by atoms with E-state index in [1.807, 2.05) is 32.3 Å². The second kappa shape index (κ2) is 6.59. The molecule has 1 aromatic rings. The molecule has 0 amide bonds. The molecule has 2 N–H and O–H groups in total. The molecule has 4 nitrogen and oxygen atoms in total. The fraction of sp³-hybridized carbons (Fsp3) is 0.250. The Morgan fingerprint density at radius 2 is 1.54 bits per heavy atom. The van der Waals surface area contributed by atoms with Crippen LogP contribution in [0, 0.1) is 0 Å². The molecular formula is C8H13NO3S. The number of para-hydroxylation sites is 1. The minimum atomic E-state index is -2.61. The zero-order valence-electron chi connectivity index (χ0n) is 7.54. The van der Waals surface area contributed by atoms with Gasteiger partial charge in [-0.15, -0.1) is 0 Å². The molecule has 0 spiro atoms. The molecule has 0 heterocycles. The number of nitrogens with zero attached hydrogens (tertiary/aromatic N) is 1. The summed E-state index contributed by atoms with van der Waals surface area (Å²) in [5.74, 6) is 0. The summed E-state index contributed by atoms with van der Waals surface area (Å²) in [7, 11) is 4.07. The van der Waals surface area contributed by atoms with E-state index in [4.69, 9.17) is 13.3 Å². The highest BCUT2D eigenvalue weighted by Gasteiger charge is 1.87. The van der Waals surface area contributed by atoms with E-state index < -0.39 is 11.4 Å². The Hall–Kier alpha value is -0.910. The highest BCUT2D eigenvalue weighted by Crippen LogP contribution is 2.07. The maximum Gasteiger partial charge on any atom is 0.299 e. The van der Waals surface area contributed by atoms with Gasteiger partial charge in [-0.3, -0.25) is 9.11 Å². The minimum Gasteiger partial charge on any atom is -0.378 e. The van der Waals surface area contributed by atoms with E-state index in [1.165, 1.54) is 5.69 Å². The Morgan fingerprint density at radius 1 is 1.15 bits per heavy atom. The van der Waals surface area contributed by atoms with Gasteiger partial charge in [-0.2, -0.15) is 4.21 Å². The van der Waals surface area contributed by atoms with Crippen LogP contribution in [0.2, 0.25) is 0 Å². The molecule has 0 saturated carbocycles. The van der Waals surface area contributed by atoms with E-state index >= 15 is 0 Å². The Bertz CT molecular complexity index is 247. The van der Waals surface area contributed by atoms with Crippen LogP contribution < -0.4 is 4.90 Å². The molecule has 0 aliphatic heterocycles. The van der Waals surface area contributed by atoms with Gasteiger partial charge in [-0.25, -0.2) is 0 Å². The maximum atomic E-state index is 8.67. The third-order valence-electron chi connectivity index (χ3n) is 1.27. The summed E-state index contributed by atoms with van der Waals surface area (Å²) in [6, 6.07) is 10.3. The van der Waals surface area contributed by atoms with E-state index in [2.05, 4.69) is 17.0 Å². The van der Waals surface area contributed by atoms with Gasteiger partial charge >= 0.3 is 0 Å². The predicted octanol–water partition coefficient (Wildman–Crippen LogP) is 1.43. The van der Waals surface area contributed by atoms with Crippen LogP contribution in [0.5, 0.6) is 0 Å². The lowest BCUT2D eigenvalue weighted by molar-refractivity contribution is 0.454. The Balaban J connectivity index is 0.000000310. The fourth-order valence-electron chi connectivity index (χ4n) is 0.726. The SMILES string of the molecule is CN(C)c1ccccc1.O=S(O)O. The molecule has 0 aliphatic carbocycles. The van der Waals surface area contributed by atoms with Gasteiger partial charge in [0.1, 0.15) is 0 Å². The molecule has 13 heavy (non-hydrogen) atoms. The highest BCUT2D eigenvalue weighted by atomic mass is 32.2. The van der Waals surface area contributed by atoms with Gasteiger partial charge in [0.2, 0.25) is 0 Å². The zero-order valence-corrected chi connectivity index (χ0v) is 8.36. The maximum absolute atomic E-state index is 8.67. The number of hydrogen-bond donors (Lipinski definition) is 2. The predicted molar refractivity (Wildman–Crippen MR) is 54.2 cm³/mol. The van der Waals surface area contributed by atoms with Crippen molar-refractivity contribution in [2.75, 3.05) is 19.0 Å². The molecule has 5 heteroatoms. The lowest BCUT2D eigenvalue weighted by Crippen LogP contribution is -2.07. The summed E-state index contributed by atoms with van der Waals surface area (Å²) in [6.07, 6.45) is 0. The molecule has 74 valence electrons. The summed E-state index contributed by atoms with van der Waals surface area (Å²) >= 11 is -2.61. The normalized spacial score (nSPS) is 9.00. The molecular weight excluding hydrogens is 190 g/mol. The fourth-order valence-corrected chi connectivity index (χ4v) is 0.726. The van der Waals surface area contributed by atoms with Gasteiger partial charge in [-0.1, -0.05) is 18.2 Å². The third kappa shape index (κ3) is 7.45. The Morgan fingerprint density at radius 3 is 1.77 bits per heavy atom. The van der Waals surface area contributed by atoms with Crippen molar-refractivity contribution in [3.05, 3.63) is 30.3 Å². The molecule has 0 saturated heterocycles. The summed E-state index contributed by atoms with van der Waals surface area (Å²) in [4.78, 5) is 2.08. The number of rotatable bonds is 1. The monoisotopic (exact) mass is 203 g/mol. The van der Waals surface area contributed by atoms with Crippen molar-refractivity contribution in [1.29, 1.82) is 0 Å². The number of anilines is 1. The highest BCUT2D eigenvalue weighted by molar-refractivity contribution is 7.73. The molecule has 0 fully saturated rings. The van der Waals surface area contributed by atoms with Crippen LogP contribution in [-0.2, 0) is 11.4 Å². The summed E-state index contributed by atoms with van der Waals surface area (Å²) in [5, 5.41) is 0. The van der Waals surface area contributed by atoms with Crippen molar-refractivity contribution in [3.8, 4) is 0 Å². The topological polar surface area (TPSA) is 60.8 Å². The molecule has 0 atom stereocenters. The van der Waals surface area contributed by atoms with Crippen LogP contribution in [0.1, 0.15) is 0 Å². The Kier molecular flexibility index (Phi) is 6.13. The molecule has 0 unspecified atom stereocenters. The second-order valence-electron chi connectivity index (χ2n) is 2.46. The lowest BCUT2D eigenvalue weighted by Gasteiger charge is -2.10. The first-order valence-corrected chi connectivity index (χ1v) is 4.62. The van der Waals surface area contributed by atoms with Crippen molar-refractivity contribution in [2.24, 2.45) is 0 Å². The van der Waals surface area contributed by atoms with E-state index in [-0.39, 0.29) is 0 Å². The van der Waals surface area contributed by atoms with Crippen LogP contribution in [-0.4, -0.2) is 27.4 Å². The first-order valence-electron chi connectivity index (χ1n) is 3.56. The largest absolute Gasteiger partial charge is 0.378 e. The van der Waals surface area contributed by atoms with E-state index in [0.717, 1.165) is 0 Å². The smallest absolute Gasteiger partial charge is 0.299 e. The molecule has 1 aromatic carbocycles. The van der Waals surface area contributed by atoms with Crippen LogP contribution in [0.3, 0.4) is 0 Å².